The standard InChI is InChI=1S/C29H23Cl2F3N4O4/c1-41-23-10-22(27(39)40)36-21-3-2-16(9-17(21)23)38-6-4-28(5-7-38)11-15(12-28)8-18-25(37-42-26(18)29(32,33)34)24-19(30)13-35-14-20(24)31/h2-3,8-10,13-14H,4-7,11-12H2,1H3,(H,39,40). The molecular weight excluding hydrogens is 596 g/mol. The van der Waals surface area contributed by atoms with Gasteiger partial charge in [-0.2, -0.15) is 13.2 Å². The summed E-state index contributed by atoms with van der Waals surface area (Å²) in [6.45, 7) is 1.52. The van der Waals surface area contributed by atoms with Crippen LogP contribution in [0.4, 0.5) is 18.9 Å². The van der Waals surface area contributed by atoms with Gasteiger partial charge < -0.3 is 19.3 Å². The van der Waals surface area contributed by atoms with E-state index in [0.29, 0.717) is 29.5 Å². The highest BCUT2D eigenvalue weighted by molar-refractivity contribution is 6.39. The maximum atomic E-state index is 13.8. The molecule has 42 heavy (non-hydrogen) atoms. The van der Waals surface area contributed by atoms with Gasteiger partial charge in [-0.3, -0.25) is 4.98 Å². The Kier molecular flexibility index (Phi) is 7.05. The van der Waals surface area contributed by atoms with Crippen molar-refractivity contribution in [2.24, 2.45) is 5.41 Å². The number of alkyl halides is 3. The molecule has 0 amide bonds. The second-order valence-electron chi connectivity index (χ2n) is 10.6. The van der Waals surface area contributed by atoms with E-state index in [0.717, 1.165) is 37.2 Å². The summed E-state index contributed by atoms with van der Waals surface area (Å²) >= 11 is 12.4. The van der Waals surface area contributed by atoms with E-state index in [9.17, 15) is 23.1 Å². The Balaban J connectivity index is 1.21. The number of carboxylic acid groups (broad SMARTS) is 1. The van der Waals surface area contributed by atoms with E-state index in [1.54, 1.807) is 6.07 Å². The number of carbonyl (C=O) groups is 1. The Morgan fingerprint density at radius 1 is 1.14 bits per heavy atom. The average molecular weight is 619 g/mol. The predicted octanol–water partition coefficient (Wildman–Crippen LogP) is 7.78. The molecule has 1 aromatic carbocycles. The second kappa shape index (κ2) is 10.5. The lowest BCUT2D eigenvalue weighted by atomic mass is 9.60. The first-order valence-electron chi connectivity index (χ1n) is 13.0. The Hall–Kier alpha value is -3.83. The molecule has 0 atom stereocenters. The van der Waals surface area contributed by atoms with Gasteiger partial charge in [0.1, 0.15) is 11.4 Å². The fourth-order valence-electron chi connectivity index (χ4n) is 5.92. The van der Waals surface area contributed by atoms with Gasteiger partial charge in [0.05, 0.1) is 28.2 Å². The number of aromatic carboxylic acids is 1. The molecule has 218 valence electrons. The minimum atomic E-state index is -4.75. The van der Waals surface area contributed by atoms with Gasteiger partial charge in [-0.25, -0.2) is 9.78 Å². The van der Waals surface area contributed by atoms with Crippen molar-refractivity contribution in [3.8, 4) is 17.0 Å². The van der Waals surface area contributed by atoms with Crippen LogP contribution in [-0.2, 0) is 6.18 Å². The molecule has 1 aliphatic heterocycles. The first-order chi connectivity index (χ1) is 20.0. The van der Waals surface area contributed by atoms with Gasteiger partial charge in [-0.15, -0.1) is 0 Å². The van der Waals surface area contributed by atoms with Crippen LogP contribution in [0.25, 0.3) is 28.2 Å². The number of fused-ring (bicyclic) bond motifs is 1. The molecule has 2 fully saturated rings. The molecule has 4 aromatic rings. The second-order valence-corrected chi connectivity index (χ2v) is 11.4. The lowest BCUT2D eigenvalue weighted by molar-refractivity contribution is -0.155. The molecule has 2 aliphatic rings. The zero-order valence-electron chi connectivity index (χ0n) is 22.1. The summed E-state index contributed by atoms with van der Waals surface area (Å²) in [5.74, 6) is -1.89. The van der Waals surface area contributed by atoms with Gasteiger partial charge in [-0.1, -0.05) is 33.9 Å². The largest absolute Gasteiger partial charge is 0.496 e. The average Bonchev–Trinajstić information content (AvgIpc) is 3.35. The van der Waals surface area contributed by atoms with Crippen LogP contribution >= 0.6 is 23.2 Å². The van der Waals surface area contributed by atoms with Crippen LogP contribution in [0.1, 0.15) is 47.5 Å². The summed E-state index contributed by atoms with van der Waals surface area (Å²) in [5, 5.41) is 13.9. The highest BCUT2D eigenvalue weighted by Crippen LogP contribution is 2.54. The molecule has 13 heteroatoms. The number of ether oxygens (including phenoxy) is 1. The van der Waals surface area contributed by atoms with E-state index in [1.165, 1.54) is 31.6 Å². The van der Waals surface area contributed by atoms with Crippen molar-refractivity contribution < 1.29 is 32.3 Å². The molecule has 3 aromatic heterocycles. The molecule has 6 rings (SSSR count). The molecule has 0 radical (unpaired) electrons. The number of benzene rings is 1. The van der Waals surface area contributed by atoms with Crippen molar-refractivity contribution in [2.75, 3.05) is 25.1 Å². The number of anilines is 1. The van der Waals surface area contributed by atoms with Crippen molar-refractivity contribution in [1.29, 1.82) is 0 Å². The minimum absolute atomic E-state index is 0.00348. The van der Waals surface area contributed by atoms with Gasteiger partial charge in [0.15, 0.2) is 5.69 Å². The van der Waals surface area contributed by atoms with Crippen molar-refractivity contribution in [2.45, 2.75) is 31.9 Å². The highest BCUT2D eigenvalue weighted by Gasteiger charge is 2.45. The molecule has 0 bridgehead atoms. The van der Waals surface area contributed by atoms with Gasteiger partial charge in [0.2, 0.25) is 5.76 Å². The monoisotopic (exact) mass is 618 g/mol. The zero-order valence-corrected chi connectivity index (χ0v) is 23.6. The summed E-state index contributed by atoms with van der Waals surface area (Å²) < 4.78 is 51.6. The van der Waals surface area contributed by atoms with Crippen LogP contribution in [-0.4, -0.2) is 46.4 Å². The molecule has 1 spiro atoms. The number of methoxy groups -OCH3 is 1. The summed E-state index contributed by atoms with van der Waals surface area (Å²) in [7, 11) is 1.49. The first kappa shape index (κ1) is 28.3. The molecule has 1 saturated carbocycles. The van der Waals surface area contributed by atoms with Gasteiger partial charge in [0.25, 0.3) is 0 Å². The number of hydrogen-bond donors (Lipinski definition) is 1. The lowest BCUT2D eigenvalue weighted by Gasteiger charge is -2.50. The number of pyridine rings is 2. The predicted molar refractivity (Wildman–Crippen MR) is 151 cm³/mol. The highest BCUT2D eigenvalue weighted by atomic mass is 35.5. The molecule has 0 unspecified atom stereocenters. The Morgan fingerprint density at radius 2 is 1.83 bits per heavy atom. The third-order valence-corrected chi connectivity index (χ3v) is 8.58. The topological polar surface area (TPSA) is 102 Å². The molecule has 8 nitrogen and oxygen atoms in total. The molecule has 1 N–H and O–H groups in total. The SMILES string of the molecule is COc1cc(C(=O)O)nc2ccc(N3CCC4(CC3)CC(=Cc3c(-c5c(Cl)cncc5Cl)noc3C(F)(F)F)C4)cc12. The number of carboxylic acids is 1. The number of nitrogens with zero attached hydrogens (tertiary/aromatic N) is 4. The number of halogens is 5. The Bertz CT molecular complexity index is 1720. The smallest absolute Gasteiger partial charge is 0.453 e. The van der Waals surface area contributed by atoms with Crippen LogP contribution in [0.3, 0.4) is 0 Å². The normalized spacial score (nSPS) is 16.5. The summed E-state index contributed by atoms with van der Waals surface area (Å²) in [6, 6.07) is 7.04. The van der Waals surface area contributed by atoms with Crippen molar-refractivity contribution in [3.05, 3.63) is 69.3 Å². The Labute approximate surface area is 247 Å². The van der Waals surface area contributed by atoms with E-state index in [-0.39, 0.29) is 38.0 Å². The zero-order chi connectivity index (χ0) is 29.8. The summed E-state index contributed by atoms with van der Waals surface area (Å²) in [4.78, 5) is 21.7. The van der Waals surface area contributed by atoms with Crippen molar-refractivity contribution >= 4 is 51.8 Å². The minimum Gasteiger partial charge on any atom is -0.496 e. The third kappa shape index (κ3) is 5.05. The molecule has 1 saturated heterocycles. The third-order valence-electron chi connectivity index (χ3n) is 8.01. The summed E-state index contributed by atoms with van der Waals surface area (Å²) in [5.41, 5.74) is 2.15. The van der Waals surface area contributed by atoms with E-state index in [2.05, 4.69) is 20.0 Å². The summed E-state index contributed by atoms with van der Waals surface area (Å²) in [6.07, 6.45) is 2.39. The van der Waals surface area contributed by atoms with Gasteiger partial charge >= 0.3 is 12.1 Å². The van der Waals surface area contributed by atoms with Crippen molar-refractivity contribution in [1.82, 2.24) is 15.1 Å². The lowest BCUT2D eigenvalue weighted by Crippen LogP contribution is -2.44. The van der Waals surface area contributed by atoms with Crippen LogP contribution in [0.5, 0.6) is 5.75 Å². The van der Waals surface area contributed by atoms with E-state index in [1.807, 2.05) is 12.1 Å². The van der Waals surface area contributed by atoms with Crippen molar-refractivity contribution in [3.63, 3.8) is 0 Å². The van der Waals surface area contributed by atoms with Gasteiger partial charge in [-0.05, 0) is 55.4 Å². The van der Waals surface area contributed by atoms with Crippen LogP contribution in [0, 0.1) is 5.41 Å². The molecule has 4 heterocycles. The van der Waals surface area contributed by atoms with E-state index < -0.39 is 17.9 Å². The van der Waals surface area contributed by atoms with Crippen LogP contribution in [0.2, 0.25) is 10.0 Å². The maximum Gasteiger partial charge on any atom is 0.453 e. The molecule has 1 aliphatic carbocycles. The van der Waals surface area contributed by atoms with Crippen LogP contribution < -0.4 is 9.64 Å². The number of piperidine rings is 1. The first-order valence-corrected chi connectivity index (χ1v) is 13.8. The fourth-order valence-corrected chi connectivity index (χ4v) is 6.47. The van der Waals surface area contributed by atoms with Crippen LogP contribution in [0.15, 0.2) is 46.8 Å². The number of hydrogen-bond acceptors (Lipinski definition) is 7. The molecular formula is C29H23Cl2F3N4O4. The number of allylic oxidation sites excluding steroid dienone is 1. The van der Waals surface area contributed by atoms with E-state index >= 15 is 0 Å². The number of aromatic nitrogens is 3. The quantitative estimate of drug-likeness (QED) is 0.242. The Morgan fingerprint density at radius 3 is 2.45 bits per heavy atom. The van der Waals surface area contributed by atoms with E-state index in [4.69, 9.17) is 32.5 Å². The number of rotatable bonds is 5. The van der Waals surface area contributed by atoms with Gasteiger partial charge in [0, 0.05) is 48.2 Å². The fraction of sp³-hybridized carbons (Fsp3) is 0.310. The maximum absolute atomic E-state index is 13.8.